The Labute approximate surface area is 100 Å². The average molecular weight is 234 g/mol. The summed E-state index contributed by atoms with van der Waals surface area (Å²) in [6.45, 7) is 2.53. The Morgan fingerprint density at radius 2 is 2.24 bits per heavy atom. The van der Waals surface area contributed by atoms with Crippen molar-refractivity contribution in [3.05, 3.63) is 29.8 Å². The minimum Gasteiger partial charge on any atom is -0.423 e. The van der Waals surface area contributed by atoms with E-state index in [1.165, 1.54) is 0 Å². The maximum Gasteiger partial charge on any atom is 0.488 e. The van der Waals surface area contributed by atoms with Gasteiger partial charge in [-0.25, -0.2) is 0 Å². The molecule has 0 atom stereocenters. The van der Waals surface area contributed by atoms with Gasteiger partial charge in [-0.2, -0.15) is 0 Å². The molecule has 90 valence electrons. The van der Waals surface area contributed by atoms with Gasteiger partial charge in [0, 0.05) is 19.6 Å². The predicted molar refractivity (Wildman–Crippen MR) is 64.6 cm³/mol. The van der Waals surface area contributed by atoms with Gasteiger partial charge in [0.25, 0.3) is 0 Å². The fourth-order valence-corrected chi connectivity index (χ4v) is 1.94. The van der Waals surface area contributed by atoms with E-state index in [9.17, 15) is 4.79 Å². The largest absolute Gasteiger partial charge is 0.488 e. The van der Waals surface area contributed by atoms with E-state index in [-0.39, 0.29) is 5.91 Å². The lowest BCUT2D eigenvalue weighted by atomic mass is 9.79. The third kappa shape index (κ3) is 3.29. The standard InChI is InChI=1S/C11H15BN2O3/c15-11-8-14(5-4-13-11)7-9-2-1-3-10(6-9)12(16)17/h1-3,6,16-17H,4-5,7-8H2,(H,13,15). The van der Waals surface area contributed by atoms with E-state index in [0.29, 0.717) is 25.1 Å². The first kappa shape index (κ1) is 12.1. The van der Waals surface area contributed by atoms with Crippen molar-refractivity contribution in [2.24, 2.45) is 0 Å². The highest BCUT2D eigenvalue weighted by Gasteiger charge is 2.17. The number of nitrogens with zero attached hydrogens (tertiary/aromatic N) is 1. The number of hydrogen-bond acceptors (Lipinski definition) is 4. The smallest absolute Gasteiger partial charge is 0.423 e. The summed E-state index contributed by atoms with van der Waals surface area (Å²) >= 11 is 0. The van der Waals surface area contributed by atoms with Crippen molar-refractivity contribution in [1.82, 2.24) is 10.2 Å². The summed E-state index contributed by atoms with van der Waals surface area (Å²) in [7, 11) is -1.44. The molecule has 1 saturated heterocycles. The molecule has 0 unspecified atom stereocenters. The monoisotopic (exact) mass is 234 g/mol. The normalized spacial score (nSPS) is 16.7. The molecule has 1 fully saturated rings. The molecule has 1 aromatic carbocycles. The molecule has 5 nitrogen and oxygen atoms in total. The van der Waals surface area contributed by atoms with Crippen LogP contribution >= 0.6 is 0 Å². The number of carbonyl (C=O) groups excluding carboxylic acids is 1. The maximum absolute atomic E-state index is 11.2. The van der Waals surface area contributed by atoms with Gasteiger partial charge in [-0.3, -0.25) is 9.69 Å². The number of amides is 1. The Hall–Kier alpha value is -1.37. The molecule has 0 radical (unpaired) electrons. The first-order valence-corrected chi connectivity index (χ1v) is 5.59. The van der Waals surface area contributed by atoms with Gasteiger partial charge < -0.3 is 15.4 Å². The van der Waals surface area contributed by atoms with Crippen LogP contribution in [-0.2, 0) is 11.3 Å². The Bertz CT molecular complexity index is 411. The molecule has 0 saturated carbocycles. The summed E-state index contributed by atoms with van der Waals surface area (Å²) in [5, 5.41) is 20.9. The van der Waals surface area contributed by atoms with Crippen molar-refractivity contribution < 1.29 is 14.8 Å². The van der Waals surface area contributed by atoms with E-state index < -0.39 is 7.12 Å². The molecule has 1 heterocycles. The van der Waals surface area contributed by atoms with Gasteiger partial charge in [-0.1, -0.05) is 24.3 Å². The average Bonchev–Trinajstić information content (AvgIpc) is 2.29. The second-order valence-corrected chi connectivity index (χ2v) is 4.18. The lowest BCUT2D eigenvalue weighted by Crippen LogP contribution is -2.47. The van der Waals surface area contributed by atoms with Gasteiger partial charge >= 0.3 is 7.12 Å². The highest BCUT2D eigenvalue weighted by molar-refractivity contribution is 6.58. The zero-order chi connectivity index (χ0) is 12.3. The van der Waals surface area contributed by atoms with Gasteiger partial charge in [0.1, 0.15) is 0 Å². The Morgan fingerprint density at radius 3 is 2.94 bits per heavy atom. The molecule has 1 aliphatic rings. The summed E-state index contributed by atoms with van der Waals surface area (Å²) in [6.07, 6.45) is 0. The van der Waals surface area contributed by atoms with Crippen molar-refractivity contribution in [3.63, 3.8) is 0 Å². The second kappa shape index (κ2) is 5.31. The van der Waals surface area contributed by atoms with E-state index >= 15 is 0 Å². The number of piperazine rings is 1. The highest BCUT2D eigenvalue weighted by Crippen LogP contribution is 2.04. The van der Waals surface area contributed by atoms with Crippen LogP contribution in [0.3, 0.4) is 0 Å². The van der Waals surface area contributed by atoms with Crippen LogP contribution < -0.4 is 10.8 Å². The zero-order valence-corrected chi connectivity index (χ0v) is 9.47. The Kier molecular flexibility index (Phi) is 3.78. The van der Waals surface area contributed by atoms with Crippen molar-refractivity contribution in [3.8, 4) is 0 Å². The third-order valence-electron chi connectivity index (χ3n) is 2.77. The molecule has 0 spiro atoms. The maximum atomic E-state index is 11.2. The predicted octanol–water partition coefficient (Wildman–Crippen LogP) is -1.70. The van der Waals surface area contributed by atoms with Gasteiger partial charge in [0.2, 0.25) is 5.91 Å². The van der Waals surface area contributed by atoms with E-state index in [2.05, 4.69) is 5.32 Å². The molecule has 3 N–H and O–H groups in total. The molecular weight excluding hydrogens is 219 g/mol. The summed E-state index contributed by atoms with van der Waals surface area (Å²) in [4.78, 5) is 13.2. The van der Waals surface area contributed by atoms with Crippen LogP contribution in [0.5, 0.6) is 0 Å². The second-order valence-electron chi connectivity index (χ2n) is 4.18. The number of rotatable bonds is 3. The Balaban J connectivity index is 2.02. The first-order chi connectivity index (χ1) is 8.15. The molecular formula is C11H15BN2O3. The van der Waals surface area contributed by atoms with Crippen LogP contribution in [-0.4, -0.2) is 47.6 Å². The minimum atomic E-state index is -1.44. The minimum absolute atomic E-state index is 0.0367. The van der Waals surface area contributed by atoms with Gasteiger partial charge in [0.05, 0.1) is 6.54 Å². The molecule has 0 bridgehead atoms. The fourth-order valence-electron chi connectivity index (χ4n) is 1.94. The van der Waals surface area contributed by atoms with Crippen molar-refractivity contribution in [2.45, 2.75) is 6.54 Å². The van der Waals surface area contributed by atoms with Crippen LogP contribution in [0.2, 0.25) is 0 Å². The lowest BCUT2D eigenvalue weighted by Gasteiger charge is -2.26. The van der Waals surface area contributed by atoms with E-state index in [0.717, 1.165) is 12.1 Å². The molecule has 0 aliphatic carbocycles. The van der Waals surface area contributed by atoms with Gasteiger partial charge in [-0.05, 0) is 11.0 Å². The van der Waals surface area contributed by atoms with Gasteiger partial charge in [-0.15, -0.1) is 0 Å². The quantitative estimate of drug-likeness (QED) is 0.545. The number of carbonyl (C=O) groups is 1. The SMILES string of the molecule is O=C1CN(Cc2cccc(B(O)O)c2)CCN1. The van der Waals surface area contributed by atoms with E-state index in [4.69, 9.17) is 10.0 Å². The number of benzene rings is 1. The lowest BCUT2D eigenvalue weighted by molar-refractivity contribution is -0.124. The highest BCUT2D eigenvalue weighted by atomic mass is 16.4. The first-order valence-electron chi connectivity index (χ1n) is 5.59. The molecule has 0 aromatic heterocycles. The third-order valence-corrected chi connectivity index (χ3v) is 2.77. The molecule has 1 aliphatic heterocycles. The van der Waals surface area contributed by atoms with Crippen LogP contribution in [0.25, 0.3) is 0 Å². The zero-order valence-electron chi connectivity index (χ0n) is 9.47. The van der Waals surface area contributed by atoms with Crippen molar-refractivity contribution in [2.75, 3.05) is 19.6 Å². The Morgan fingerprint density at radius 1 is 1.41 bits per heavy atom. The summed E-state index contributed by atoms with van der Waals surface area (Å²) in [5.74, 6) is 0.0367. The molecule has 1 aromatic rings. The molecule has 17 heavy (non-hydrogen) atoms. The van der Waals surface area contributed by atoms with Crippen LogP contribution in [0, 0.1) is 0 Å². The molecule has 6 heteroatoms. The van der Waals surface area contributed by atoms with Crippen LogP contribution in [0.4, 0.5) is 0 Å². The van der Waals surface area contributed by atoms with E-state index in [1.54, 1.807) is 18.2 Å². The number of nitrogens with one attached hydrogen (secondary N) is 1. The molecule has 1 amide bonds. The van der Waals surface area contributed by atoms with E-state index in [1.807, 2.05) is 11.0 Å². The van der Waals surface area contributed by atoms with Gasteiger partial charge in [0.15, 0.2) is 0 Å². The summed E-state index contributed by atoms with van der Waals surface area (Å²) in [5.41, 5.74) is 1.45. The summed E-state index contributed by atoms with van der Waals surface area (Å²) in [6, 6.07) is 7.11. The van der Waals surface area contributed by atoms with Crippen LogP contribution in [0.1, 0.15) is 5.56 Å². The number of hydrogen-bond donors (Lipinski definition) is 3. The fraction of sp³-hybridized carbons (Fsp3) is 0.364. The molecule has 2 rings (SSSR count). The van der Waals surface area contributed by atoms with Crippen molar-refractivity contribution in [1.29, 1.82) is 0 Å². The van der Waals surface area contributed by atoms with Crippen LogP contribution in [0.15, 0.2) is 24.3 Å². The summed E-state index contributed by atoms with van der Waals surface area (Å²) < 4.78 is 0. The van der Waals surface area contributed by atoms with Crippen molar-refractivity contribution >= 4 is 18.5 Å². The topological polar surface area (TPSA) is 72.8 Å².